The van der Waals surface area contributed by atoms with E-state index in [4.69, 9.17) is 24.3 Å². The van der Waals surface area contributed by atoms with E-state index in [1.807, 2.05) is 18.2 Å². The maximum atomic E-state index is 14.2. The van der Waals surface area contributed by atoms with Crippen LogP contribution >= 0.6 is 0 Å². The molecule has 0 saturated heterocycles. The topological polar surface area (TPSA) is 167 Å². The fourth-order valence-corrected chi connectivity index (χ4v) is 4.64. The zero-order chi connectivity index (χ0) is 31.6. The predicted octanol–water partition coefficient (Wildman–Crippen LogP) is 5.91. The number of ether oxygens (including phenoxy) is 3. The Hall–Kier alpha value is -5.06. The molecule has 1 aliphatic heterocycles. The van der Waals surface area contributed by atoms with E-state index in [9.17, 15) is 15.1 Å². The van der Waals surface area contributed by atoms with Crippen molar-refractivity contribution < 1.29 is 28.9 Å². The van der Waals surface area contributed by atoms with Gasteiger partial charge < -0.3 is 19.3 Å². The molecule has 0 aliphatic carbocycles. The number of benzene rings is 3. The molecule has 0 aromatic heterocycles. The molecule has 4 rings (SSSR count). The summed E-state index contributed by atoms with van der Waals surface area (Å²) in [6.07, 6.45) is -0.796. The number of amides is 1. The van der Waals surface area contributed by atoms with Gasteiger partial charge >= 0.3 is 5.97 Å². The van der Waals surface area contributed by atoms with Crippen LogP contribution in [0.2, 0.25) is 0 Å². The number of aliphatic hydroxyl groups excluding tert-OH is 1. The van der Waals surface area contributed by atoms with Gasteiger partial charge in [-0.3, -0.25) is 20.4 Å². The maximum absolute atomic E-state index is 14.2. The van der Waals surface area contributed by atoms with Gasteiger partial charge in [0, 0.05) is 41.2 Å². The van der Waals surface area contributed by atoms with E-state index in [2.05, 4.69) is 20.9 Å². The van der Waals surface area contributed by atoms with Crippen LogP contribution in [0.1, 0.15) is 57.3 Å². The summed E-state index contributed by atoms with van der Waals surface area (Å²) < 4.78 is 17.6. The predicted molar refractivity (Wildman–Crippen MR) is 165 cm³/mol. The Labute approximate surface area is 255 Å². The van der Waals surface area contributed by atoms with Crippen LogP contribution in [-0.4, -0.2) is 47.2 Å². The molecule has 2 atom stereocenters. The largest absolute Gasteiger partial charge is 0.494 e. The van der Waals surface area contributed by atoms with Crippen molar-refractivity contribution in [3.05, 3.63) is 100 Å². The number of anilines is 1. The number of carbonyl (C=O) groups excluding carboxylic acids is 2. The Bertz CT molecular complexity index is 1520. The first-order chi connectivity index (χ1) is 21.1. The molecule has 44 heavy (non-hydrogen) atoms. The van der Waals surface area contributed by atoms with Gasteiger partial charge in [-0.1, -0.05) is 47.6 Å². The lowest BCUT2D eigenvalue weighted by Crippen LogP contribution is -2.50. The van der Waals surface area contributed by atoms with Gasteiger partial charge in [0.25, 0.3) is 5.91 Å². The van der Waals surface area contributed by atoms with Gasteiger partial charge in [-0.25, -0.2) is 4.99 Å². The Morgan fingerprint density at radius 2 is 1.77 bits per heavy atom. The normalized spacial score (nSPS) is 17.5. The molecule has 0 spiro atoms. The fraction of sp³-hybridized carbons (Fsp3) is 0.344. The summed E-state index contributed by atoms with van der Waals surface area (Å²) in [6.45, 7) is 5.68. The molecule has 3 N–H and O–H groups in total. The third kappa shape index (κ3) is 8.06. The highest BCUT2D eigenvalue weighted by Gasteiger charge is 2.54. The molecular weight excluding hydrogens is 564 g/mol. The smallest absolute Gasteiger partial charge is 0.306 e. The monoisotopic (exact) mass is 600 g/mol. The minimum absolute atomic E-state index is 0.0218. The van der Waals surface area contributed by atoms with Gasteiger partial charge in [-0.05, 0) is 69.1 Å². The Balaban J connectivity index is 1.77. The number of azide groups is 1. The number of hydrogen-bond donors (Lipinski definition) is 3. The second kappa shape index (κ2) is 14.4. The molecule has 12 heteroatoms. The number of aliphatic imine (C=N–C) groups is 1. The molecule has 1 heterocycles. The number of nitrogens with one attached hydrogen (secondary N) is 2. The van der Waals surface area contributed by atoms with E-state index in [1.165, 1.54) is 0 Å². The van der Waals surface area contributed by atoms with Crippen molar-refractivity contribution >= 4 is 29.1 Å². The molecule has 1 aliphatic rings. The van der Waals surface area contributed by atoms with Gasteiger partial charge in [-0.15, -0.1) is 0 Å². The lowest BCUT2D eigenvalue weighted by molar-refractivity contribution is -0.155. The molecule has 0 bridgehead atoms. The van der Waals surface area contributed by atoms with E-state index in [0.717, 1.165) is 0 Å². The molecule has 0 unspecified atom stereocenters. The summed E-state index contributed by atoms with van der Waals surface area (Å²) in [5.74, 6) is -0.320. The summed E-state index contributed by atoms with van der Waals surface area (Å²) in [4.78, 5) is 34.9. The minimum atomic E-state index is -1.68. The summed E-state index contributed by atoms with van der Waals surface area (Å²) >= 11 is 0. The van der Waals surface area contributed by atoms with E-state index in [-0.39, 0.29) is 31.0 Å². The van der Waals surface area contributed by atoms with Crippen molar-refractivity contribution in [2.75, 3.05) is 18.6 Å². The number of para-hydroxylation sites is 1. The first-order valence-corrected chi connectivity index (χ1v) is 14.2. The van der Waals surface area contributed by atoms with Crippen LogP contribution in [0.3, 0.4) is 0 Å². The average Bonchev–Trinajstić information content (AvgIpc) is 3.40. The van der Waals surface area contributed by atoms with Crippen molar-refractivity contribution in [1.82, 2.24) is 5.43 Å². The van der Waals surface area contributed by atoms with Crippen LogP contribution in [0.15, 0.2) is 89.0 Å². The molecule has 0 saturated carbocycles. The third-order valence-electron chi connectivity index (χ3n) is 6.63. The van der Waals surface area contributed by atoms with Crippen molar-refractivity contribution in [2.45, 2.75) is 57.3 Å². The Morgan fingerprint density at radius 1 is 1.07 bits per heavy atom. The van der Waals surface area contributed by atoms with E-state index in [0.29, 0.717) is 35.6 Å². The second-order valence-electron chi connectivity index (χ2n) is 11.1. The van der Waals surface area contributed by atoms with Crippen LogP contribution in [0, 0.1) is 0 Å². The van der Waals surface area contributed by atoms with Gasteiger partial charge in [0.2, 0.25) is 5.90 Å². The first kappa shape index (κ1) is 31.9. The molecule has 0 radical (unpaired) electrons. The number of hydrogen-bond acceptors (Lipinski definition) is 9. The number of aliphatic hydroxyl groups is 1. The van der Waals surface area contributed by atoms with Crippen LogP contribution in [0.5, 0.6) is 5.75 Å². The molecule has 12 nitrogen and oxygen atoms in total. The van der Waals surface area contributed by atoms with Gasteiger partial charge in [0.05, 0.1) is 12.3 Å². The standard InChI is InChI=1S/C32H36N6O6/c1-31(2,3)44-27(40)18-19-32(30(41)37-35-23-10-5-4-6-11-23)28(25-12-7-8-13-26(25)36-38-33)43-29(34-32)22-14-16-24(17-15-22)42-21-9-20-39/h4-8,10-17,28,35,39H,9,18-21H2,1-3H3,(H,37,41)/t28-,32-/m0/s1. The quantitative estimate of drug-likeness (QED) is 0.0547. The van der Waals surface area contributed by atoms with Crippen LogP contribution in [0.25, 0.3) is 10.4 Å². The van der Waals surface area contributed by atoms with Crippen LogP contribution in [0.4, 0.5) is 11.4 Å². The molecule has 3 aromatic rings. The number of rotatable bonds is 13. The van der Waals surface area contributed by atoms with Crippen molar-refractivity contribution in [3.8, 4) is 5.75 Å². The highest BCUT2D eigenvalue weighted by Crippen LogP contribution is 2.46. The molecule has 3 aromatic carbocycles. The van der Waals surface area contributed by atoms with E-state index in [1.54, 1.807) is 81.4 Å². The molecule has 1 amide bonds. The number of hydrazine groups is 1. The zero-order valence-corrected chi connectivity index (χ0v) is 24.9. The summed E-state index contributed by atoms with van der Waals surface area (Å²) in [5, 5.41) is 12.9. The molecular formula is C32H36N6O6. The average molecular weight is 601 g/mol. The van der Waals surface area contributed by atoms with Gasteiger partial charge in [0.15, 0.2) is 11.6 Å². The number of carbonyl (C=O) groups is 2. The van der Waals surface area contributed by atoms with E-state index >= 15 is 0 Å². The lowest BCUT2D eigenvalue weighted by Gasteiger charge is -2.31. The highest BCUT2D eigenvalue weighted by molar-refractivity contribution is 6.01. The SMILES string of the molecule is CC(C)(C)OC(=O)CC[C@]1(C(=O)NNc2ccccc2)N=C(c2ccc(OCCCO)cc2)O[C@H]1c1ccccc1N=[N+]=[N-]. The van der Waals surface area contributed by atoms with Crippen molar-refractivity contribution in [1.29, 1.82) is 0 Å². The minimum Gasteiger partial charge on any atom is -0.494 e. The van der Waals surface area contributed by atoms with E-state index < -0.39 is 29.1 Å². The maximum Gasteiger partial charge on any atom is 0.306 e. The Morgan fingerprint density at radius 3 is 2.45 bits per heavy atom. The number of nitrogens with zero attached hydrogens (tertiary/aromatic N) is 4. The van der Waals surface area contributed by atoms with Gasteiger partial charge in [-0.2, -0.15) is 0 Å². The third-order valence-corrected chi connectivity index (χ3v) is 6.63. The zero-order valence-electron chi connectivity index (χ0n) is 24.9. The molecule has 230 valence electrons. The Kier molecular flexibility index (Phi) is 10.4. The summed E-state index contributed by atoms with van der Waals surface area (Å²) in [5.41, 5.74) is 14.4. The fourth-order valence-electron chi connectivity index (χ4n) is 4.64. The molecule has 0 fully saturated rings. The number of esters is 1. The highest BCUT2D eigenvalue weighted by atomic mass is 16.6. The van der Waals surface area contributed by atoms with Crippen LogP contribution in [-0.2, 0) is 19.1 Å². The van der Waals surface area contributed by atoms with Crippen molar-refractivity contribution in [3.63, 3.8) is 0 Å². The first-order valence-electron chi connectivity index (χ1n) is 14.2. The lowest BCUT2D eigenvalue weighted by atomic mass is 9.83. The summed E-state index contributed by atoms with van der Waals surface area (Å²) in [6, 6.07) is 22.8. The van der Waals surface area contributed by atoms with Crippen molar-refractivity contribution in [2.24, 2.45) is 10.1 Å². The van der Waals surface area contributed by atoms with Gasteiger partial charge in [0.1, 0.15) is 11.4 Å². The van der Waals surface area contributed by atoms with Crippen LogP contribution < -0.4 is 15.6 Å². The second-order valence-corrected chi connectivity index (χ2v) is 11.1. The summed E-state index contributed by atoms with van der Waals surface area (Å²) in [7, 11) is 0.